The van der Waals surface area contributed by atoms with E-state index in [-0.39, 0.29) is 12.5 Å². The van der Waals surface area contributed by atoms with Crippen molar-refractivity contribution >= 4 is 5.91 Å². The molecule has 0 aliphatic carbocycles. The van der Waals surface area contributed by atoms with Gasteiger partial charge in [-0.1, -0.05) is 26.0 Å². The highest BCUT2D eigenvalue weighted by Gasteiger charge is 1.97. The summed E-state index contributed by atoms with van der Waals surface area (Å²) in [6, 6.07) is 0. The maximum Gasteiger partial charge on any atom is 0.223 e. The number of carbonyl (C=O) groups is 1. The summed E-state index contributed by atoms with van der Waals surface area (Å²) in [5, 5.41) is 11.3. The molecule has 0 heterocycles. The number of hydrogen-bond donors (Lipinski definition) is 2. The van der Waals surface area contributed by atoms with Crippen molar-refractivity contribution in [1.82, 2.24) is 5.32 Å². The van der Waals surface area contributed by atoms with Crippen molar-refractivity contribution in [2.75, 3.05) is 6.61 Å². The third-order valence-electron chi connectivity index (χ3n) is 1.73. The van der Waals surface area contributed by atoms with Crippen molar-refractivity contribution in [3.8, 4) is 12.8 Å². The number of rotatable bonds is 6. The number of allylic oxidation sites excluding steroid dienone is 3. The Hall–Kier alpha value is -1.53. The van der Waals surface area contributed by atoms with Gasteiger partial charge in [0.15, 0.2) is 0 Å². The third kappa shape index (κ3) is 10.6. The highest BCUT2D eigenvalue weighted by molar-refractivity contribution is 5.77. The lowest BCUT2D eigenvalue weighted by Crippen LogP contribution is -2.20. The summed E-state index contributed by atoms with van der Waals surface area (Å²) in [5.41, 5.74) is 0.908. The molecule has 0 aromatic rings. The van der Waals surface area contributed by atoms with Crippen molar-refractivity contribution < 1.29 is 9.90 Å². The Kier molecular flexibility index (Phi) is 14.2. The molecular formula is C13H21NO2. The smallest absolute Gasteiger partial charge is 0.223 e. The number of carbonyl (C=O) groups excluding carboxylic acids is 1. The monoisotopic (exact) mass is 223 g/mol. The first-order valence-corrected chi connectivity index (χ1v) is 5.34. The Bertz CT molecular complexity index is 252. The van der Waals surface area contributed by atoms with Crippen LogP contribution in [0.15, 0.2) is 23.9 Å². The zero-order valence-electron chi connectivity index (χ0n) is 10.1. The second-order valence-electron chi connectivity index (χ2n) is 2.89. The molecule has 0 fully saturated rings. The van der Waals surface area contributed by atoms with E-state index in [2.05, 4.69) is 18.2 Å². The van der Waals surface area contributed by atoms with Crippen LogP contribution in [0.1, 0.15) is 33.1 Å². The first kappa shape index (κ1) is 16.9. The molecule has 0 bridgehead atoms. The molecule has 16 heavy (non-hydrogen) atoms. The predicted octanol–water partition coefficient (Wildman–Crippen LogP) is 1.99. The van der Waals surface area contributed by atoms with Gasteiger partial charge in [-0.3, -0.25) is 4.79 Å². The second-order valence-corrected chi connectivity index (χ2v) is 2.89. The molecule has 0 rings (SSSR count). The number of terminal acetylenes is 1. The van der Waals surface area contributed by atoms with Gasteiger partial charge in [0, 0.05) is 18.7 Å². The molecule has 0 aromatic heterocycles. The Morgan fingerprint density at radius 2 is 1.94 bits per heavy atom. The fraction of sp³-hybridized carbons (Fsp3) is 0.462. The number of hydrogen-bond acceptors (Lipinski definition) is 2. The maximum absolute atomic E-state index is 11.1. The van der Waals surface area contributed by atoms with Crippen LogP contribution >= 0.6 is 0 Å². The molecule has 0 aliphatic rings. The minimum Gasteiger partial charge on any atom is -0.396 e. The SMILES string of the molecule is C#C.CCC(=O)N/C(=C/C=C\CCO)CC. The van der Waals surface area contributed by atoms with E-state index in [0.717, 1.165) is 12.1 Å². The lowest BCUT2D eigenvalue weighted by molar-refractivity contribution is -0.120. The summed E-state index contributed by atoms with van der Waals surface area (Å²) >= 11 is 0. The summed E-state index contributed by atoms with van der Waals surface area (Å²) in [5.74, 6) is 0.0358. The summed E-state index contributed by atoms with van der Waals surface area (Å²) in [6.07, 6.45) is 15.5. The molecule has 0 aromatic carbocycles. The molecule has 0 saturated heterocycles. The summed E-state index contributed by atoms with van der Waals surface area (Å²) in [6.45, 7) is 3.97. The Morgan fingerprint density at radius 1 is 1.31 bits per heavy atom. The summed E-state index contributed by atoms with van der Waals surface area (Å²) in [4.78, 5) is 11.1. The van der Waals surface area contributed by atoms with Crippen molar-refractivity contribution in [1.29, 1.82) is 0 Å². The van der Waals surface area contributed by atoms with Gasteiger partial charge in [-0.15, -0.1) is 12.8 Å². The highest BCUT2D eigenvalue weighted by atomic mass is 16.2. The van der Waals surface area contributed by atoms with Crippen molar-refractivity contribution in [3.63, 3.8) is 0 Å². The van der Waals surface area contributed by atoms with Crippen LogP contribution < -0.4 is 5.32 Å². The van der Waals surface area contributed by atoms with Gasteiger partial charge >= 0.3 is 0 Å². The van der Waals surface area contributed by atoms with Crippen molar-refractivity contribution in [2.45, 2.75) is 33.1 Å². The zero-order chi connectivity index (χ0) is 12.8. The first-order chi connectivity index (χ1) is 7.74. The standard InChI is InChI=1S/C11H19NO2.C2H2/c1-3-10(12-11(14)4-2)8-6-5-7-9-13;1-2/h5-6,8,13H,3-4,7,9H2,1-2H3,(H,12,14);1-2H/b6-5-,10-8+;. The van der Waals surface area contributed by atoms with E-state index >= 15 is 0 Å². The quantitative estimate of drug-likeness (QED) is 0.534. The zero-order valence-corrected chi connectivity index (χ0v) is 10.1. The van der Waals surface area contributed by atoms with Gasteiger partial charge < -0.3 is 10.4 Å². The van der Waals surface area contributed by atoms with Gasteiger partial charge in [-0.2, -0.15) is 0 Å². The van der Waals surface area contributed by atoms with Gasteiger partial charge in [0.2, 0.25) is 5.91 Å². The average Bonchev–Trinajstić information content (AvgIpc) is 2.35. The van der Waals surface area contributed by atoms with Crippen LogP contribution in [-0.2, 0) is 4.79 Å². The number of amides is 1. The number of aliphatic hydroxyl groups is 1. The lowest BCUT2D eigenvalue weighted by Gasteiger charge is -2.04. The lowest BCUT2D eigenvalue weighted by atomic mass is 10.2. The third-order valence-corrected chi connectivity index (χ3v) is 1.73. The van der Waals surface area contributed by atoms with E-state index in [0.29, 0.717) is 12.8 Å². The second kappa shape index (κ2) is 13.5. The van der Waals surface area contributed by atoms with Crippen molar-refractivity contribution in [2.24, 2.45) is 0 Å². The van der Waals surface area contributed by atoms with Crippen LogP contribution in [0.3, 0.4) is 0 Å². The van der Waals surface area contributed by atoms with Crippen LogP contribution in [0, 0.1) is 12.8 Å². The number of nitrogens with one attached hydrogen (secondary N) is 1. The van der Waals surface area contributed by atoms with E-state index < -0.39 is 0 Å². The topological polar surface area (TPSA) is 49.3 Å². The van der Waals surface area contributed by atoms with E-state index in [1.807, 2.05) is 32.1 Å². The van der Waals surface area contributed by atoms with Gasteiger partial charge in [-0.05, 0) is 18.9 Å². The van der Waals surface area contributed by atoms with Crippen LogP contribution in [0.2, 0.25) is 0 Å². The van der Waals surface area contributed by atoms with E-state index in [1.165, 1.54) is 0 Å². The van der Waals surface area contributed by atoms with E-state index in [9.17, 15) is 4.79 Å². The molecule has 0 spiro atoms. The molecule has 0 aliphatic heterocycles. The molecule has 90 valence electrons. The minimum absolute atomic E-state index is 0.0358. The Labute approximate surface area is 98.3 Å². The predicted molar refractivity (Wildman–Crippen MR) is 67.5 cm³/mol. The van der Waals surface area contributed by atoms with Crippen LogP contribution in [0.5, 0.6) is 0 Å². The number of aliphatic hydroxyl groups excluding tert-OH is 1. The Balaban J connectivity index is 0. The highest BCUT2D eigenvalue weighted by Crippen LogP contribution is 1.97. The molecule has 2 N–H and O–H groups in total. The normalized spacial score (nSPS) is 10.7. The largest absolute Gasteiger partial charge is 0.396 e. The van der Waals surface area contributed by atoms with Gasteiger partial charge in [0.25, 0.3) is 0 Å². The minimum atomic E-state index is 0.0358. The molecule has 0 unspecified atom stereocenters. The van der Waals surface area contributed by atoms with Gasteiger partial charge in [0.1, 0.15) is 0 Å². The van der Waals surface area contributed by atoms with Crippen molar-refractivity contribution in [3.05, 3.63) is 23.9 Å². The maximum atomic E-state index is 11.1. The van der Waals surface area contributed by atoms with E-state index in [4.69, 9.17) is 5.11 Å². The average molecular weight is 223 g/mol. The molecule has 0 saturated carbocycles. The van der Waals surface area contributed by atoms with Gasteiger partial charge in [-0.25, -0.2) is 0 Å². The summed E-state index contributed by atoms with van der Waals surface area (Å²) < 4.78 is 0. The molecule has 1 amide bonds. The van der Waals surface area contributed by atoms with Crippen LogP contribution in [0.25, 0.3) is 0 Å². The molecular weight excluding hydrogens is 202 g/mol. The molecule has 3 heteroatoms. The Morgan fingerprint density at radius 3 is 2.38 bits per heavy atom. The first-order valence-electron chi connectivity index (χ1n) is 5.34. The molecule has 3 nitrogen and oxygen atoms in total. The van der Waals surface area contributed by atoms with E-state index in [1.54, 1.807) is 0 Å². The fourth-order valence-electron chi connectivity index (χ4n) is 0.870. The van der Waals surface area contributed by atoms with Crippen LogP contribution in [0.4, 0.5) is 0 Å². The molecule has 0 radical (unpaired) electrons. The fourth-order valence-corrected chi connectivity index (χ4v) is 0.870. The summed E-state index contributed by atoms with van der Waals surface area (Å²) in [7, 11) is 0. The van der Waals surface area contributed by atoms with Gasteiger partial charge in [0.05, 0.1) is 0 Å². The molecule has 0 atom stereocenters. The van der Waals surface area contributed by atoms with Crippen LogP contribution in [-0.4, -0.2) is 17.6 Å².